The molecule has 1 unspecified atom stereocenters. The van der Waals surface area contributed by atoms with Gasteiger partial charge in [-0.2, -0.15) is 0 Å². The van der Waals surface area contributed by atoms with Crippen molar-refractivity contribution in [1.29, 1.82) is 0 Å². The fraction of sp³-hybridized carbons (Fsp3) is 0.429. The van der Waals surface area contributed by atoms with E-state index in [-0.39, 0.29) is 11.5 Å². The normalized spacial score (nSPS) is 17.6. The number of carbonyl (C=O) groups is 2. The second-order valence-corrected chi connectivity index (χ2v) is 4.93. The summed E-state index contributed by atoms with van der Waals surface area (Å²) >= 11 is 0. The minimum Gasteiger partial charge on any atom is -0.480 e. The molecule has 0 aliphatic carbocycles. The van der Waals surface area contributed by atoms with Gasteiger partial charge in [0, 0.05) is 38.7 Å². The summed E-state index contributed by atoms with van der Waals surface area (Å²) < 4.78 is 27.1. The van der Waals surface area contributed by atoms with Crippen LogP contribution in [0.2, 0.25) is 0 Å². The number of nitrogens with zero attached hydrogens (tertiary/aromatic N) is 2. The summed E-state index contributed by atoms with van der Waals surface area (Å²) in [6, 6.07) is 2.25. The molecule has 0 spiro atoms. The van der Waals surface area contributed by atoms with Crippen molar-refractivity contribution in [2.45, 2.75) is 13.0 Å². The zero-order valence-corrected chi connectivity index (χ0v) is 11.6. The van der Waals surface area contributed by atoms with Crippen LogP contribution >= 0.6 is 0 Å². The summed E-state index contributed by atoms with van der Waals surface area (Å²) in [4.78, 5) is 25.9. The number of benzene rings is 1. The lowest BCUT2D eigenvalue weighted by Crippen LogP contribution is -2.50. The predicted molar refractivity (Wildman–Crippen MR) is 70.6 cm³/mol. The lowest BCUT2D eigenvalue weighted by atomic mass is 10.0. The van der Waals surface area contributed by atoms with Crippen molar-refractivity contribution in [2.75, 3.05) is 26.2 Å². The molecule has 1 fully saturated rings. The monoisotopic (exact) mass is 298 g/mol. The molecule has 1 N–H and O–H groups in total. The van der Waals surface area contributed by atoms with Gasteiger partial charge in [-0.05, 0) is 6.07 Å². The van der Waals surface area contributed by atoms with Gasteiger partial charge in [-0.3, -0.25) is 14.5 Å². The van der Waals surface area contributed by atoms with Crippen LogP contribution in [-0.2, 0) is 9.59 Å². The third-order valence-corrected chi connectivity index (χ3v) is 3.63. The van der Waals surface area contributed by atoms with Crippen LogP contribution < -0.4 is 0 Å². The van der Waals surface area contributed by atoms with Gasteiger partial charge in [0.15, 0.2) is 11.6 Å². The van der Waals surface area contributed by atoms with Crippen molar-refractivity contribution < 1.29 is 23.5 Å². The van der Waals surface area contributed by atoms with Gasteiger partial charge >= 0.3 is 5.97 Å². The molecule has 1 aromatic rings. The molecule has 2 rings (SSSR count). The largest absolute Gasteiger partial charge is 0.480 e. The first-order chi connectivity index (χ1) is 9.91. The van der Waals surface area contributed by atoms with Crippen molar-refractivity contribution >= 4 is 11.9 Å². The lowest BCUT2D eigenvalue weighted by molar-refractivity contribution is -0.145. The maximum atomic E-state index is 13.8. The van der Waals surface area contributed by atoms with E-state index in [4.69, 9.17) is 0 Å². The maximum Gasteiger partial charge on any atom is 0.325 e. The van der Waals surface area contributed by atoms with Gasteiger partial charge in [-0.25, -0.2) is 8.78 Å². The van der Waals surface area contributed by atoms with Crippen LogP contribution in [0.3, 0.4) is 0 Å². The first-order valence-electron chi connectivity index (χ1n) is 6.58. The summed E-state index contributed by atoms with van der Waals surface area (Å²) in [7, 11) is 0. The Balaban J connectivity index is 2.23. The highest BCUT2D eigenvalue weighted by molar-refractivity contribution is 5.76. The van der Waals surface area contributed by atoms with Gasteiger partial charge in [-0.1, -0.05) is 12.1 Å². The SMILES string of the molecule is CC(=O)N1CCN(C(C(=O)O)c2cccc(F)c2F)CC1. The van der Waals surface area contributed by atoms with E-state index >= 15 is 0 Å². The van der Waals surface area contributed by atoms with E-state index in [0.29, 0.717) is 26.2 Å². The molecule has 0 bridgehead atoms. The van der Waals surface area contributed by atoms with Crippen molar-refractivity contribution in [1.82, 2.24) is 9.80 Å². The van der Waals surface area contributed by atoms with E-state index in [0.717, 1.165) is 6.07 Å². The number of hydrogen-bond acceptors (Lipinski definition) is 3. The zero-order chi connectivity index (χ0) is 15.6. The molecule has 1 saturated heterocycles. The van der Waals surface area contributed by atoms with Crippen LogP contribution in [-0.4, -0.2) is 53.0 Å². The summed E-state index contributed by atoms with van der Waals surface area (Å²) in [6.07, 6.45) is 0. The number of carbonyl (C=O) groups excluding carboxylic acids is 1. The Bertz CT molecular complexity index is 557. The number of amides is 1. The molecule has 1 atom stereocenters. The highest BCUT2D eigenvalue weighted by Crippen LogP contribution is 2.26. The second kappa shape index (κ2) is 6.17. The summed E-state index contributed by atoms with van der Waals surface area (Å²) in [6.45, 7) is 2.78. The minimum absolute atomic E-state index is 0.0848. The molecule has 1 aliphatic rings. The standard InChI is InChI=1S/C14H16F2N2O3/c1-9(19)17-5-7-18(8-6-17)13(14(20)21)10-3-2-4-11(15)12(10)16/h2-4,13H,5-8H2,1H3,(H,20,21). The Labute approximate surface area is 120 Å². The highest BCUT2D eigenvalue weighted by atomic mass is 19.2. The van der Waals surface area contributed by atoms with Gasteiger partial charge in [0.25, 0.3) is 0 Å². The van der Waals surface area contributed by atoms with E-state index in [1.807, 2.05) is 0 Å². The van der Waals surface area contributed by atoms with E-state index in [1.54, 1.807) is 9.80 Å². The van der Waals surface area contributed by atoms with Gasteiger partial charge in [0.05, 0.1) is 0 Å². The van der Waals surface area contributed by atoms with Crippen LogP contribution in [0.25, 0.3) is 0 Å². The van der Waals surface area contributed by atoms with Crippen LogP contribution in [0.5, 0.6) is 0 Å². The molecule has 1 aromatic carbocycles. The number of hydrogen-bond donors (Lipinski definition) is 1. The Morgan fingerprint density at radius 1 is 1.19 bits per heavy atom. The molecule has 1 aliphatic heterocycles. The fourth-order valence-electron chi connectivity index (χ4n) is 2.51. The first-order valence-corrected chi connectivity index (χ1v) is 6.58. The smallest absolute Gasteiger partial charge is 0.325 e. The number of rotatable bonds is 3. The highest BCUT2D eigenvalue weighted by Gasteiger charge is 2.33. The van der Waals surface area contributed by atoms with E-state index in [1.165, 1.54) is 19.1 Å². The van der Waals surface area contributed by atoms with E-state index < -0.39 is 23.6 Å². The van der Waals surface area contributed by atoms with Crippen LogP contribution in [0, 0.1) is 11.6 Å². The lowest BCUT2D eigenvalue weighted by Gasteiger charge is -2.37. The molecule has 7 heteroatoms. The molecule has 0 radical (unpaired) electrons. The van der Waals surface area contributed by atoms with Crippen molar-refractivity contribution in [3.63, 3.8) is 0 Å². The van der Waals surface area contributed by atoms with Gasteiger partial charge in [-0.15, -0.1) is 0 Å². The number of halogens is 2. The molecule has 1 heterocycles. The molecule has 0 saturated carbocycles. The number of piperazine rings is 1. The molecule has 0 aromatic heterocycles. The quantitative estimate of drug-likeness (QED) is 0.912. The van der Waals surface area contributed by atoms with Crippen molar-refractivity contribution in [3.8, 4) is 0 Å². The number of carboxylic acids is 1. The molecule has 21 heavy (non-hydrogen) atoms. The van der Waals surface area contributed by atoms with Crippen LogP contribution in [0.15, 0.2) is 18.2 Å². The van der Waals surface area contributed by atoms with Crippen molar-refractivity contribution in [2.24, 2.45) is 0 Å². The van der Waals surface area contributed by atoms with Gasteiger partial charge in [0.1, 0.15) is 6.04 Å². The predicted octanol–water partition coefficient (Wildman–Crippen LogP) is 1.25. The fourth-order valence-corrected chi connectivity index (χ4v) is 2.51. The van der Waals surface area contributed by atoms with Gasteiger partial charge in [0.2, 0.25) is 5.91 Å². The van der Waals surface area contributed by atoms with Crippen molar-refractivity contribution in [3.05, 3.63) is 35.4 Å². The average Bonchev–Trinajstić information content (AvgIpc) is 2.44. The Hall–Kier alpha value is -2.02. The van der Waals surface area contributed by atoms with Crippen LogP contribution in [0.1, 0.15) is 18.5 Å². The first kappa shape index (κ1) is 15.4. The summed E-state index contributed by atoms with van der Waals surface area (Å²) in [5.74, 6) is -3.53. The average molecular weight is 298 g/mol. The third-order valence-electron chi connectivity index (χ3n) is 3.63. The van der Waals surface area contributed by atoms with Gasteiger partial charge < -0.3 is 10.0 Å². The molecule has 114 valence electrons. The number of carboxylic acid groups (broad SMARTS) is 1. The van der Waals surface area contributed by atoms with E-state index in [9.17, 15) is 23.5 Å². The van der Waals surface area contributed by atoms with E-state index in [2.05, 4.69) is 0 Å². The maximum absolute atomic E-state index is 13.8. The molecular weight excluding hydrogens is 282 g/mol. The topological polar surface area (TPSA) is 60.9 Å². The van der Waals surface area contributed by atoms with Crippen LogP contribution in [0.4, 0.5) is 8.78 Å². The minimum atomic E-state index is -1.25. The number of aliphatic carboxylic acids is 1. The summed E-state index contributed by atoms with van der Waals surface area (Å²) in [5.41, 5.74) is -0.196. The second-order valence-electron chi connectivity index (χ2n) is 4.93. The zero-order valence-electron chi connectivity index (χ0n) is 11.6. The Morgan fingerprint density at radius 3 is 2.33 bits per heavy atom. The third kappa shape index (κ3) is 3.18. The molecule has 1 amide bonds. The molecule has 5 nitrogen and oxygen atoms in total. The summed E-state index contributed by atoms with van der Waals surface area (Å²) in [5, 5.41) is 9.36. The molecular formula is C14H16F2N2O3. The Kier molecular flexibility index (Phi) is 4.52. The Morgan fingerprint density at radius 2 is 1.81 bits per heavy atom.